The van der Waals surface area contributed by atoms with Crippen molar-refractivity contribution in [1.82, 2.24) is 19.4 Å². The molecule has 36 heavy (non-hydrogen) atoms. The predicted octanol–water partition coefficient (Wildman–Crippen LogP) is 5.12. The highest BCUT2D eigenvalue weighted by Gasteiger charge is 2.36. The van der Waals surface area contributed by atoms with Gasteiger partial charge in [0.2, 0.25) is 5.95 Å². The minimum Gasteiger partial charge on any atom is -0.397 e. The highest BCUT2D eigenvalue weighted by Crippen LogP contribution is 2.39. The third-order valence-electron chi connectivity index (χ3n) is 5.90. The number of alkyl halides is 3. The van der Waals surface area contributed by atoms with Crippen LogP contribution in [0.4, 0.5) is 40.6 Å². The normalized spacial score (nSPS) is 11.9. The molecular weight excluding hydrogens is 474 g/mol. The van der Waals surface area contributed by atoms with E-state index in [0.717, 1.165) is 12.1 Å². The number of likely N-dealkylation sites (N-methyl/N-ethyl adjacent to an activating group) is 2. The van der Waals surface area contributed by atoms with Crippen LogP contribution in [0.5, 0.6) is 0 Å². The number of nitrogens with one attached hydrogen (secondary N) is 1. The zero-order valence-corrected chi connectivity index (χ0v) is 20.4. The molecule has 3 N–H and O–H groups in total. The monoisotopic (exact) mass is 501 g/mol. The first-order valence-electron chi connectivity index (χ1n) is 11.2. The number of nitrogens with zero attached hydrogens (tertiary/aromatic N) is 5. The molecule has 0 atom stereocenters. The van der Waals surface area contributed by atoms with Gasteiger partial charge in [0.15, 0.2) is 0 Å². The fraction of sp³-hybridized carbons (Fsp3) is 0.280. The van der Waals surface area contributed by atoms with Gasteiger partial charge in [-0.3, -0.25) is 0 Å². The number of hydrogen-bond acceptors (Lipinski definition) is 6. The highest BCUT2D eigenvalue weighted by molar-refractivity contribution is 5.96. The van der Waals surface area contributed by atoms with Crippen LogP contribution in [0, 0.1) is 5.82 Å². The van der Waals surface area contributed by atoms with Gasteiger partial charge in [0.05, 0.1) is 22.8 Å². The maximum atomic E-state index is 15.0. The fourth-order valence-corrected chi connectivity index (χ4v) is 3.98. The van der Waals surface area contributed by atoms with Gasteiger partial charge in [-0.25, -0.2) is 14.4 Å². The van der Waals surface area contributed by atoms with Crippen molar-refractivity contribution in [2.24, 2.45) is 7.05 Å². The summed E-state index contributed by atoms with van der Waals surface area (Å²) in [6.45, 7) is 1.37. The molecule has 4 aromatic rings. The van der Waals surface area contributed by atoms with Gasteiger partial charge in [-0.15, -0.1) is 0 Å². The first-order valence-corrected chi connectivity index (χ1v) is 11.2. The first-order chi connectivity index (χ1) is 17.0. The molecule has 0 aliphatic heterocycles. The van der Waals surface area contributed by atoms with E-state index in [0.29, 0.717) is 35.1 Å². The molecular formula is C25H27F4N7. The van der Waals surface area contributed by atoms with E-state index in [1.165, 1.54) is 12.1 Å². The summed E-state index contributed by atoms with van der Waals surface area (Å²) in [5.74, 6) is -0.816. The molecule has 0 saturated heterocycles. The number of hydrogen-bond donors (Lipinski definition) is 2. The summed E-state index contributed by atoms with van der Waals surface area (Å²) in [5, 5.41) is 3.30. The predicted molar refractivity (Wildman–Crippen MR) is 135 cm³/mol. The van der Waals surface area contributed by atoms with E-state index in [-0.39, 0.29) is 17.3 Å². The molecule has 2 aromatic carbocycles. The van der Waals surface area contributed by atoms with Crippen LogP contribution in [-0.2, 0) is 13.2 Å². The minimum atomic E-state index is -4.68. The van der Waals surface area contributed by atoms with Gasteiger partial charge in [-0.1, -0.05) is 18.2 Å². The van der Waals surface area contributed by atoms with Gasteiger partial charge in [-0.2, -0.15) is 13.2 Å². The molecule has 7 nitrogen and oxygen atoms in total. The molecule has 0 fully saturated rings. The summed E-state index contributed by atoms with van der Waals surface area (Å²) in [5.41, 5.74) is 6.70. The van der Waals surface area contributed by atoms with Crippen LogP contribution in [0.1, 0.15) is 5.56 Å². The van der Waals surface area contributed by atoms with Gasteiger partial charge < -0.3 is 25.4 Å². The van der Waals surface area contributed by atoms with Crippen LogP contribution in [0.15, 0.2) is 48.8 Å². The Morgan fingerprint density at radius 1 is 1.08 bits per heavy atom. The largest absolute Gasteiger partial charge is 0.419 e. The zero-order chi connectivity index (χ0) is 26.2. The van der Waals surface area contributed by atoms with Crippen LogP contribution in [-0.4, -0.2) is 53.7 Å². The number of aryl methyl sites for hydroxylation is 1. The molecule has 0 amide bonds. The standard InChI is InChI=1S/C25H27F4N7/c1-34(2)9-10-35(3)22-11-18(26)20(12-19(22)30)32-24-31-13-17(25(27,28)29)23(33-24)16-14-36(4)21-8-6-5-7-15(16)21/h5-8,11-14H,9-10,30H2,1-4H3,(H,31,32,33). The minimum absolute atomic E-state index is 0.0408. The van der Waals surface area contributed by atoms with E-state index in [2.05, 4.69) is 15.3 Å². The van der Waals surface area contributed by atoms with Gasteiger partial charge >= 0.3 is 6.18 Å². The van der Waals surface area contributed by atoms with Crippen LogP contribution in [0.25, 0.3) is 22.2 Å². The Bertz CT molecular complexity index is 1400. The Balaban J connectivity index is 1.73. The Morgan fingerprint density at radius 3 is 2.50 bits per heavy atom. The first kappa shape index (κ1) is 25.2. The lowest BCUT2D eigenvalue weighted by molar-refractivity contribution is -0.137. The average molecular weight is 502 g/mol. The second-order valence-electron chi connectivity index (χ2n) is 8.87. The third kappa shape index (κ3) is 5.06. The Kier molecular flexibility index (Phi) is 6.77. The Labute approximate surface area is 206 Å². The van der Waals surface area contributed by atoms with Crippen molar-refractivity contribution < 1.29 is 17.6 Å². The van der Waals surface area contributed by atoms with E-state index >= 15 is 0 Å². The quantitative estimate of drug-likeness (QED) is 0.271. The van der Waals surface area contributed by atoms with E-state index in [1.807, 2.05) is 30.0 Å². The Morgan fingerprint density at radius 2 is 1.81 bits per heavy atom. The molecule has 0 aliphatic carbocycles. The van der Waals surface area contributed by atoms with Gasteiger partial charge in [-0.05, 0) is 26.2 Å². The number of fused-ring (bicyclic) bond motifs is 1. The second-order valence-corrected chi connectivity index (χ2v) is 8.87. The molecule has 2 aromatic heterocycles. The van der Waals surface area contributed by atoms with Crippen molar-refractivity contribution in [1.29, 1.82) is 0 Å². The van der Waals surface area contributed by atoms with Crippen molar-refractivity contribution in [2.45, 2.75) is 6.18 Å². The maximum absolute atomic E-state index is 15.0. The zero-order valence-electron chi connectivity index (χ0n) is 20.4. The van der Waals surface area contributed by atoms with Crippen LogP contribution in [0.3, 0.4) is 0 Å². The Hall–Kier alpha value is -3.86. The van der Waals surface area contributed by atoms with Gasteiger partial charge in [0.1, 0.15) is 11.4 Å². The van der Waals surface area contributed by atoms with Crippen molar-refractivity contribution in [3.05, 3.63) is 60.2 Å². The van der Waals surface area contributed by atoms with Crippen molar-refractivity contribution in [3.63, 3.8) is 0 Å². The molecule has 2 heterocycles. The summed E-state index contributed by atoms with van der Waals surface area (Å²) in [7, 11) is 7.41. The molecule has 190 valence electrons. The van der Waals surface area contributed by atoms with E-state index in [1.54, 1.807) is 43.1 Å². The van der Waals surface area contributed by atoms with Crippen molar-refractivity contribution >= 4 is 33.9 Å². The molecule has 0 spiro atoms. The topological polar surface area (TPSA) is 75.2 Å². The van der Waals surface area contributed by atoms with E-state index < -0.39 is 17.6 Å². The number of benzene rings is 2. The summed E-state index contributed by atoms with van der Waals surface area (Å²) < 4.78 is 58.3. The highest BCUT2D eigenvalue weighted by atomic mass is 19.4. The molecule has 0 unspecified atom stereocenters. The SMILES string of the molecule is CN(C)CCN(C)c1cc(F)c(Nc2ncc(C(F)(F)F)c(-c3cn(C)c4ccccc34)n2)cc1N. The molecule has 0 bridgehead atoms. The summed E-state index contributed by atoms with van der Waals surface area (Å²) in [4.78, 5) is 11.8. The third-order valence-corrected chi connectivity index (χ3v) is 5.90. The number of aromatic nitrogens is 3. The fourth-order valence-electron chi connectivity index (χ4n) is 3.98. The van der Waals surface area contributed by atoms with Crippen LogP contribution < -0.4 is 16.0 Å². The lowest BCUT2D eigenvalue weighted by Gasteiger charge is -2.23. The molecule has 11 heteroatoms. The number of para-hydroxylation sites is 1. The van der Waals surface area contributed by atoms with E-state index in [9.17, 15) is 17.6 Å². The molecule has 4 rings (SSSR count). The molecule has 0 radical (unpaired) electrons. The number of halogens is 4. The summed E-state index contributed by atoms with van der Waals surface area (Å²) in [6.07, 6.45) is -2.39. The summed E-state index contributed by atoms with van der Waals surface area (Å²) in [6, 6.07) is 9.75. The van der Waals surface area contributed by atoms with Crippen LogP contribution >= 0.6 is 0 Å². The lowest BCUT2D eigenvalue weighted by Crippen LogP contribution is -2.29. The number of anilines is 4. The second kappa shape index (κ2) is 9.65. The number of nitrogen functional groups attached to an aromatic ring is 1. The van der Waals surface area contributed by atoms with Gasteiger partial charge in [0.25, 0.3) is 0 Å². The average Bonchev–Trinajstić information content (AvgIpc) is 3.15. The lowest BCUT2D eigenvalue weighted by atomic mass is 10.1. The van der Waals surface area contributed by atoms with Crippen molar-refractivity contribution in [3.8, 4) is 11.3 Å². The maximum Gasteiger partial charge on any atom is 0.419 e. The van der Waals surface area contributed by atoms with E-state index in [4.69, 9.17) is 5.73 Å². The molecule has 0 saturated carbocycles. The van der Waals surface area contributed by atoms with Gasteiger partial charge in [0, 0.05) is 62.1 Å². The number of nitrogens with two attached hydrogens (primary N) is 1. The number of rotatable bonds is 7. The van der Waals surface area contributed by atoms with Crippen molar-refractivity contribution in [2.75, 3.05) is 50.2 Å². The summed E-state index contributed by atoms with van der Waals surface area (Å²) >= 11 is 0. The smallest absolute Gasteiger partial charge is 0.397 e. The van der Waals surface area contributed by atoms with Crippen LogP contribution in [0.2, 0.25) is 0 Å². The molecule has 0 aliphatic rings.